The Kier molecular flexibility index (Phi) is 4.76. The highest BCUT2D eigenvalue weighted by Gasteiger charge is 2.10. The standard InChI is InChI=1S/C15H23N3/c1-3-7-14(16-10-4-2)12-18-15-9-6-5-8-13(15)11-17-18/h5-6,8-9,11,14,16H,3-4,7,10,12H2,1-2H3. The molecular weight excluding hydrogens is 222 g/mol. The molecule has 2 aromatic rings. The first-order chi connectivity index (χ1) is 8.85. The third-order valence-electron chi connectivity index (χ3n) is 3.26. The Bertz CT molecular complexity index is 475. The first-order valence-corrected chi connectivity index (χ1v) is 6.99. The van der Waals surface area contributed by atoms with Crippen LogP contribution >= 0.6 is 0 Å². The number of nitrogens with one attached hydrogen (secondary N) is 1. The van der Waals surface area contributed by atoms with E-state index in [0.29, 0.717) is 6.04 Å². The molecule has 0 bridgehead atoms. The number of nitrogens with zero attached hydrogens (tertiary/aromatic N) is 2. The average molecular weight is 245 g/mol. The highest BCUT2D eigenvalue weighted by atomic mass is 15.3. The molecule has 1 aromatic heterocycles. The summed E-state index contributed by atoms with van der Waals surface area (Å²) in [5.74, 6) is 0. The minimum absolute atomic E-state index is 0.526. The summed E-state index contributed by atoms with van der Waals surface area (Å²) in [6, 6.07) is 8.93. The third-order valence-corrected chi connectivity index (χ3v) is 3.26. The van der Waals surface area contributed by atoms with Gasteiger partial charge in [-0.05, 0) is 25.5 Å². The van der Waals surface area contributed by atoms with Crippen molar-refractivity contribution >= 4 is 10.9 Å². The van der Waals surface area contributed by atoms with Crippen LogP contribution in [0.1, 0.15) is 33.1 Å². The van der Waals surface area contributed by atoms with E-state index in [0.717, 1.165) is 13.1 Å². The molecule has 2 rings (SSSR count). The quantitative estimate of drug-likeness (QED) is 0.811. The van der Waals surface area contributed by atoms with Crippen LogP contribution in [-0.4, -0.2) is 22.4 Å². The fourth-order valence-corrected chi connectivity index (χ4v) is 2.33. The predicted octanol–water partition coefficient (Wildman–Crippen LogP) is 3.20. The van der Waals surface area contributed by atoms with Crippen LogP contribution in [0.4, 0.5) is 0 Å². The maximum absolute atomic E-state index is 4.50. The molecule has 0 aliphatic heterocycles. The summed E-state index contributed by atoms with van der Waals surface area (Å²) in [5.41, 5.74) is 1.23. The number of benzene rings is 1. The van der Waals surface area contributed by atoms with Gasteiger partial charge >= 0.3 is 0 Å². The van der Waals surface area contributed by atoms with Gasteiger partial charge in [-0.25, -0.2) is 0 Å². The Hall–Kier alpha value is -1.35. The largest absolute Gasteiger partial charge is 0.312 e. The van der Waals surface area contributed by atoms with Crippen LogP contribution in [0, 0.1) is 0 Å². The number of rotatable bonds is 7. The van der Waals surface area contributed by atoms with Crippen molar-refractivity contribution in [2.45, 2.75) is 45.7 Å². The van der Waals surface area contributed by atoms with Crippen molar-refractivity contribution < 1.29 is 0 Å². The van der Waals surface area contributed by atoms with Crippen LogP contribution in [-0.2, 0) is 6.54 Å². The predicted molar refractivity (Wildman–Crippen MR) is 76.7 cm³/mol. The van der Waals surface area contributed by atoms with Gasteiger partial charge in [-0.15, -0.1) is 0 Å². The van der Waals surface area contributed by atoms with Crippen molar-refractivity contribution in [3.63, 3.8) is 0 Å². The third kappa shape index (κ3) is 3.10. The summed E-state index contributed by atoms with van der Waals surface area (Å²) >= 11 is 0. The zero-order valence-corrected chi connectivity index (χ0v) is 11.4. The van der Waals surface area contributed by atoms with E-state index >= 15 is 0 Å². The van der Waals surface area contributed by atoms with Crippen LogP contribution < -0.4 is 5.32 Å². The van der Waals surface area contributed by atoms with Gasteiger partial charge in [0.05, 0.1) is 18.3 Å². The molecule has 0 aliphatic rings. The minimum atomic E-state index is 0.526. The van der Waals surface area contributed by atoms with Gasteiger partial charge in [0.1, 0.15) is 0 Å². The monoisotopic (exact) mass is 245 g/mol. The van der Waals surface area contributed by atoms with Gasteiger partial charge in [-0.3, -0.25) is 4.68 Å². The molecule has 98 valence electrons. The summed E-state index contributed by atoms with van der Waals surface area (Å²) in [5, 5.41) is 9.34. The summed E-state index contributed by atoms with van der Waals surface area (Å²) in [4.78, 5) is 0. The molecule has 0 saturated carbocycles. The molecule has 1 atom stereocenters. The van der Waals surface area contributed by atoms with E-state index < -0.39 is 0 Å². The van der Waals surface area contributed by atoms with Crippen molar-refractivity contribution in [1.82, 2.24) is 15.1 Å². The van der Waals surface area contributed by atoms with E-state index in [4.69, 9.17) is 0 Å². The molecule has 3 heteroatoms. The summed E-state index contributed by atoms with van der Waals surface area (Å²) in [6.07, 6.45) is 5.55. The van der Waals surface area contributed by atoms with Crippen molar-refractivity contribution in [3.8, 4) is 0 Å². The summed E-state index contributed by atoms with van der Waals surface area (Å²) in [6.45, 7) is 6.49. The van der Waals surface area contributed by atoms with Crippen LogP contribution in [0.25, 0.3) is 10.9 Å². The van der Waals surface area contributed by atoms with Crippen molar-refractivity contribution in [3.05, 3.63) is 30.5 Å². The number of hydrogen-bond donors (Lipinski definition) is 1. The fraction of sp³-hybridized carbons (Fsp3) is 0.533. The molecule has 0 spiro atoms. The second-order valence-electron chi connectivity index (χ2n) is 4.83. The van der Waals surface area contributed by atoms with Crippen LogP contribution in [0.2, 0.25) is 0 Å². The zero-order valence-electron chi connectivity index (χ0n) is 11.4. The van der Waals surface area contributed by atoms with E-state index in [2.05, 4.69) is 53.2 Å². The lowest BCUT2D eigenvalue weighted by Crippen LogP contribution is -2.34. The fourth-order valence-electron chi connectivity index (χ4n) is 2.33. The first-order valence-electron chi connectivity index (χ1n) is 6.99. The lowest BCUT2D eigenvalue weighted by Gasteiger charge is -2.18. The lowest BCUT2D eigenvalue weighted by molar-refractivity contribution is 0.408. The molecule has 1 N–H and O–H groups in total. The van der Waals surface area contributed by atoms with Crippen molar-refractivity contribution in [2.24, 2.45) is 0 Å². The highest BCUT2D eigenvalue weighted by Crippen LogP contribution is 2.13. The van der Waals surface area contributed by atoms with Gasteiger partial charge in [0.25, 0.3) is 0 Å². The molecule has 0 amide bonds. The number of hydrogen-bond acceptors (Lipinski definition) is 2. The first kappa shape index (κ1) is 13.1. The van der Waals surface area contributed by atoms with Crippen LogP contribution in [0.15, 0.2) is 30.5 Å². The second-order valence-corrected chi connectivity index (χ2v) is 4.83. The van der Waals surface area contributed by atoms with E-state index in [-0.39, 0.29) is 0 Å². The SMILES string of the molecule is CCCNC(CCC)Cn1ncc2ccccc21. The highest BCUT2D eigenvalue weighted by molar-refractivity contribution is 5.78. The molecule has 1 heterocycles. The zero-order chi connectivity index (χ0) is 12.8. The molecule has 0 aliphatic carbocycles. The normalized spacial score (nSPS) is 13.0. The van der Waals surface area contributed by atoms with Gasteiger partial charge in [0, 0.05) is 11.4 Å². The van der Waals surface area contributed by atoms with Crippen LogP contribution in [0.5, 0.6) is 0 Å². The Labute approximate surface area is 109 Å². The minimum Gasteiger partial charge on any atom is -0.312 e. The summed E-state index contributed by atoms with van der Waals surface area (Å²) in [7, 11) is 0. The smallest absolute Gasteiger partial charge is 0.0683 e. The Balaban J connectivity index is 2.10. The van der Waals surface area contributed by atoms with Gasteiger partial charge < -0.3 is 5.32 Å². The molecule has 18 heavy (non-hydrogen) atoms. The molecular formula is C15H23N3. The molecule has 1 unspecified atom stereocenters. The van der Waals surface area contributed by atoms with Gasteiger partial charge in [-0.1, -0.05) is 38.5 Å². The average Bonchev–Trinajstić information content (AvgIpc) is 2.80. The van der Waals surface area contributed by atoms with E-state index in [1.165, 1.54) is 30.2 Å². The number of aromatic nitrogens is 2. The van der Waals surface area contributed by atoms with E-state index in [1.54, 1.807) is 0 Å². The van der Waals surface area contributed by atoms with Gasteiger partial charge in [-0.2, -0.15) is 5.10 Å². The van der Waals surface area contributed by atoms with Crippen molar-refractivity contribution in [2.75, 3.05) is 6.54 Å². The van der Waals surface area contributed by atoms with Gasteiger partial charge in [0.2, 0.25) is 0 Å². The Morgan fingerprint density at radius 3 is 2.83 bits per heavy atom. The maximum atomic E-state index is 4.50. The van der Waals surface area contributed by atoms with Gasteiger partial charge in [0.15, 0.2) is 0 Å². The number of para-hydroxylation sites is 1. The summed E-state index contributed by atoms with van der Waals surface area (Å²) < 4.78 is 2.12. The topological polar surface area (TPSA) is 29.9 Å². The molecule has 3 nitrogen and oxygen atoms in total. The molecule has 0 saturated heterocycles. The molecule has 0 radical (unpaired) electrons. The Morgan fingerprint density at radius 2 is 2.06 bits per heavy atom. The van der Waals surface area contributed by atoms with E-state index in [1.807, 2.05) is 6.20 Å². The van der Waals surface area contributed by atoms with Crippen LogP contribution in [0.3, 0.4) is 0 Å². The van der Waals surface area contributed by atoms with E-state index in [9.17, 15) is 0 Å². The molecule has 0 fully saturated rings. The Morgan fingerprint density at radius 1 is 1.22 bits per heavy atom. The number of fused-ring (bicyclic) bond motifs is 1. The second kappa shape index (κ2) is 6.55. The lowest BCUT2D eigenvalue weighted by atomic mass is 10.1. The maximum Gasteiger partial charge on any atom is 0.0683 e. The van der Waals surface area contributed by atoms with Crippen molar-refractivity contribution in [1.29, 1.82) is 0 Å². The molecule has 1 aromatic carbocycles.